The Labute approximate surface area is 101 Å². The average molecular weight is 240 g/mol. The van der Waals surface area contributed by atoms with Crippen molar-refractivity contribution in [1.29, 1.82) is 0 Å². The second kappa shape index (κ2) is 5.49. The van der Waals surface area contributed by atoms with Crippen LogP contribution in [0.4, 0.5) is 0 Å². The van der Waals surface area contributed by atoms with E-state index in [2.05, 4.69) is 56.2 Å². The highest BCUT2D eigenvalue weighted by atomic mass is 32.2. The molecular weight excluding hydrogens is 224 g/mol. The molecule has 0 aliphatic rings. The van der Waals surface area contributed by atoms with Crippen LogP contribution in [0.2, 0.25) is 0 Å². The summed E-state index contributed by atoms with van der Waals surface area (Å²) in [7, 11) is 0. The first-order chi connectivity index (χ1) is 7.04. The molecule has 0 bridgehead atoms. The number of thioether (sulfide) groups is 1. The van der Waals surface area contributed by atoms with Crippen molar-refractivity contribution < 1.29 is 0 Å². The molecule has 1 atom stereocenters. The summed E-state index contributed by atoms with van der Waals surface area (Å²) in [6.07, 6.45) is 0. The smallest absolute Gasteiger partial charge is 0.0940 e. The normalized spacial score (nSPS) is 12.5. The molecule has 0 radical (unpaired) electrons. The van der Waals surface area contributed by atoms with Crippen LogP contribution in [-0.4, -0.2) is 0 Å². The van der Waals surface area contributed by atoms with Gasteiger partial charge in [-0.3, -0.25) is 0 Å². The Morgan fingerprint density at radius 3 is 2.67 bits per heavy atom. The summed E-state index contributed by atoms with van der Waals surface area (Å²) in [6.45, 7) is 7.84. The lowest BCUT2D eigenvalue weighted by molar-refractivity contribution is 0.940. The first-order valence-electron chi connectivity index (χ1n) is 4.62. The topological polar surface area (TPSA) is 38.0 Å². The van der Waals surface area contributed by atoms with Gasteiger partial charge in [-0.25, -0.2) is 4.72 Å². The highest BCUT2D eigenvalue weighted by Crippen LogP contribution is 2.31. The highest BCUT2D eigenvalue weighted by Gasteiger charge is 2.12. The van der Waals surface area contributed by atoms with Crippen molar-refractivity contribution in [3.8, 4) is 0 Å². The number of nitrogens with one attached hydrogen (secondary N) is 1. The zero-order chi connectivity index (χ0) is 11.4. The lowest BCUT2D eigenvalue weighted by Gasteiger charge is -2.17. The molecule has 0 spiro atoms. The van der Waals surface area contributed by atoms with E-state index in [1.54, 1.807) is 0 Å². The third-order valence-corrected chi connectivity index (χ3v) is 3.44. The van der Waals surface area contributed by atoms with E-state index in [9.17, 15) is 0 Å². The maximum Gasteiger partial charge on any atom is 0.0940 e. The van der Waals surface area contributed by atoms with E-state index >= 15 is 0 Å². The molecule has 0 amide bonds. The van der Waals surface area contributed by atoms with Gasteiger partial charge in [0.2, 0.25) is 0 Å². The Bertz CT molecular complexity index is 364. The van der Waals surface area contributed by atoms with Gasteiger partial charge in [0.1, 0.15) is 0 Å². The minimum atomic E-state index is 0.0476. The number of hydrogen-bond acceptors (Lipinski definition) is 4. The standard InChI is InChI=1S/C11H16N2S2/c1-7-4-5-10(8(2)6-7)11(13-14)15-9(3)12/h4-6,11,13-14H,3,12H2,1-2H3. The number of benzene rings is 1. The predicted octanol–water partition coefficient (Wildman–Crippen LogP) is 2.90. The molecule has 1 rings (SSSR count). The molecule has 0 aromatic heterocycles. The monoisotopic (exact) mass is 240 g/mol. The molecule has 0 heterocycles. The SMILES string of the molecule is C=C(N)SC(NS)c1ccc(C)cc1C. The zero-order valence-corrected chi connectivity index (χ0v) is 10.7. The number of hydrogen-bond donors (Lipinski definition) is 3. The lowest BCUT2D eigenvalue weighted by Crippen LogP contribution is -2.11. The molecule has 15 heavy (non-hydrogen) atoms. The van der Waals surface area contributed by atoms with Gasteiger partial charge < -0.3 is 5.73 Å². The summed E-state index contributed by atoms with van der Waals surface area (Å²) in [6, 6.07) is 6.32. The Balaban J connectivity index is 2.96. The van der Waals surface area contributed by atoms with E-state index in [4.69, 9.17) is 5.73 Å². The summed E-state index contributed by atoms with van der Waals surface area (Å²) in [5.74, 6) is 0. The van der Waals surface area contributed by atoms with Crippen molar-refractivity contribution >= 4 is 24.6 Å². The summed E-state index contributed by atoms with van der Waals surface area (Å²) < 4.78 is 2.93. The van der Waals surface area contributed by atoms with Crippen molar-refractivity contribution in [3.05, 3.63) is 46.5 Å². The molecule has 0 fully saturated rings. The number of thiol groups is 1. The van der Waals surface area contributed by atoms with Crippen LogP contribution in [0, 0.1) is 13.8 Å². The van der Waals surface area contributed by atoms with Gasteiger partial charge in [0, 0.05) is 0 Å². The number of aryl methyl sites for hydroxylation is 2. The first-order valence-corrected chi connectivity index (χ1v) is 5.95. The summed E-state index contributed by atoms with van der Waals surface area (Å²) in [4.78, 5) is 0. The molecule has 0 aliphatic carbocycles. The molecule has 0 saturated heterocycles. The van der Waals surface area contributed by atoms with Crippen LogP contribution in [0.15, 0.2) is 29.8 Å². The Hall–Kier alpha value is -0.580. The van der Waals surface area contributed by atoms with Crippen LogP contribution in [-0.2, 0) is 0 Å². The molecule has 0 aliphatic heterocycles. The second-order valence-electron chi connectivity index (χ2n) is 3.45. The molecule has 4 heteroatoms. The minimum absolute atomic E-state index is 0.0476. The van der Waals surface area contributed by atoms with Crippen LogP contribution < -0.4 is 10.5 Å². The second-order valence-corrected chi connectivity index (χ2v) is 4.94. The van der Waals surface area contributed by atoms with E-state index in [0.717, 1.165) is 0 Å². The van der Waals surface area contributed by atoms with Crippen LogP contribution in [0.5, 0.6) is 0 Å². The van der Waals surface area contributed by atoms with Gasteiger partial charge in [0.05, 0.1) is 10.4 Å². The molecular formula is C11H16N2S2. The maximum atomic E-state index is 5.58. The van der Waals surface area contributed by atoms with E-state index in [1.165, 1.54) is 28.5 Å². The van der Waals surface area contributed by atoms with Crippen LogP contribution in [0.1, 0.15) is 22.1 Å². The molecule has 1 aromatic rings. The largest absolute Gasteiger partial charge is 0.394 e. The fourth-order valence-electron chi connectivity index (χ4n) is 1.43. The molecule has 82 valence electrons. The molecule has 1 unspecified atom stereocenters. The first kappa shape index (κ1) is 12.5. The van der Waals surface area contributed by atoms with Crippen molar-refractivity contribution in [2.45, 2.75) is 19.2 Å². The van der Waals surface area contributed by atoms with Crippen molar-refractivity contribution in [2.75, 3.05) is 0 Å². The molecule has 3 N–H and O–H groups in total. The maximum absolute atomic E-state index is 5.58. The third-order valence-electron chi connectivity index (χ3n) is 2.09. The van der Waals surface area contributed by atoms with E-state index < -0.39 is 0 Å². The zero-order valence-electron chi connectivity index (χ0n) is 8.95. The quantitative estimate of drug-likeness (QED) is 0.559. The Morgan fingerprint density at radius 2 is 2.20 bits per heavy atom. The van der Waals surface area contributed by atoms with Crippen molar-refractivity contribution in [2.24, 2.45) is 5.73 Å². The average Bonchev–Trinajstić information content (AvgIpc) is 2.14. The van der Waals surface area contributed by atoms with Gasteiger partial charge in [0.25, 0.3) is 0 Å². The number of nitrogens with two attached hydrogens (primary N) is 1. The Kier molecular flexibility index (Phi) is 4.57. The lowest BCUT2D eigenvalue weighted by atomic mass is 10.1. The van der Waals surface area contributed by atoms with Gasteiger partial charge in [-0.15, -0.1) is 0 Å². The Morgan fingerprint density at radius 1 is 1.53 bits per heavy atom. The summed E-state index contributed by atoms with van der Waals surface area (Å²) >= 11 is 5.58. The third kappa shape index (κ3) is 3.48. The fraction of sp³-hybridized carbons (Fsp3) is 0.273. The van der Waals surface area contributed by atoms with Gasteiger partial charge >= 0.3 is 0 Å². The van der Waals surface area contributed by atoms with E-state index in [0.29, 0.717) is 5.03 Å². The van der Waals surface area contributed by atoms with Crippen molar-refractivity contribution in [3.63, 3.8) is 0 Å². The van der Waals surface area contributed by atoms with Gasteiger partial charge in [-0.2, -0.15) is 0 Å². The van der Waals surface area contributed by atoms with Gasteiger partial charge in [-0.1, -0.05) is 54.9 Å². The van der Waals surface area contributed by atoms with Gasteiger partial charge in [-0.05, 0) is 25.0 Å². The van der Waals surface area contributed by atoms with Gasteiger partial charge in [0.15, 0.2) is 0 Å². The summed E-state index contributed by atoms with van der Waals surface area (Å²) in [5.41, 5.74) is 9.26. The minimum Gasteiger partial charge on any atom is -0.394 e. The predicted molar refractivity (Wildman–Crippen MR) is 71.7 cm³/mol. The highest BCUT2D eigenvalue weighted by molar-refractivity contribution is 8.03. The van der Waals surface area contributed by atoms with Crippen LogP contribution in [0.3, 0.4) is 0 Å². The molecule has 0 saturated carbocycles. The van der Waals surface area contributed by atoms with E-state index in [1.807, 2.05) is 0 Å². The molecule has 2 nitrogen and oxygen atoms in total. The van der Waals surface area contributed by atoms with Crippen molar-refractivity contribution in [1.82, 2.24) is 4.72 Å². The van der Waals surface area contributed by atoms with Crippen LogP contribution in [0.25, 0.3) is 0 Å². The number of rotatable bonds is 4. The summed E-state index contributed by atoms with van der Waals surface area (Å²) in [5, 5.41) is 0.632. The fourth-order valence-corrected chi connectivity index (χ4v) is 2.47. The molecule has 1 aromatic carbocycles. The van der Waals surface area contributed by atoms with E-state index in [-0.39, 0.29) is 5.37 Å². The van der Waals surface area contributed by atoms with Crippen LogP contribution >= 0.6 is 24.6 Å².